The number of allylic oxidation sites excluding steroid dienone is 1. The molecule has 0 saturated heterocycles. The van der Waals surface area contributed by atoms with Gasteiger partial charge in [0.15, 0.2) is 17.3 Å². The van der Waals surface area contributed by atoms with Crippen LogP contribution >= 0.6 is 0 Å². The Morgan fingerprint density at radius 2 is 1.97 bits per heavy atom. The molecule has 0 radical (unpaired) electrons. The molecule has 3 heterocycles. The van der Waals surface area contributed by atoms with Crippen molar-refractivity contribution in [2.24, 2.45) is 0 Å². The number of ketones is 1. The number of nitrogens with zero attached hydrogens (tertiary/aromatic N) is 1. The summed E-state index contributed by atoms with van der Waals surface area (Å²) in [6, 6.07) is 11.6. The Kier molecular flexibility index (Phi) is 4.98. The number of ether oxygens (including phenoxy) is 5. The van der Waals surface area contributed by atoms with Gasteiger partial charge in [-0.2, -0.15) is 0 Å². The minimum Gasteiger partial charge on any atom is -0.479 e. The van der Waals surface area contributed by atoms with Gasteiger partial charge >= 0.3 is 5.97 Å². The Morgan fingerprint density at radius 3 is 2.81 bits per heavy atom. The first kappa shape index (κ1) is 19.7. The van der Waals surface area contributed by atoms with E-state index in [1.54, 1.807) is 42.5 Å². The fourth-order valence-electron chi connectivity index (χ4n) is 3.30. The predicted molar refractivity (Wildman–Crippen MR) is 109 cm³/mol. The third-order valence-electron chi connectivity index (χ3n) is 4.89. The average molecular weight is 435 g/mol. The molecule has 9 heteroatoms. The zero-order valence-electron chi connectivity index (χ0n) is 17.0. The largest absolute Gasteiger partial charge is 0.479 e. The Hall–Kier alpha value is -4.27. The maximum Gasteiger partial charge on any atom is 0.311 e. The quantitative estimate of drug-likeness (QED) is 0.326. The van der Waals surface area contributed by atoms with Crippen molar-refractivity contribution in [1.29, 1.82) is 0 Å². The van der Waals surface area contributed by atoms with Crippen molar-refractivity contribution >= 4 is 17.8 Å². The Morgan fingerprint density at radius 1 is 1.09 bits per heavy atom. The minimum absolute atomic E-state index is 0.0878. The molecule has 0 fully saturated rings. The zero-order chi connectivity index (χ0) is 22.1. The molecule has 0 unspecified atom stereocenters. The van der Waals surface area contributed by atoms with Crippen LogP contribution < -0.4 is 23.7 Å². The van der Waals surface area contributed by atoms with Crippen molar-refractivity contribution in [1.82, 2.24) is 5.16 Å². The molecule has 32 heavy (non-hydrogen) atoms. The van der Waals surface area contributed by atoms with Gasteiger partial charge in [0, 0.05) is 18.6 Å². The predicted octanol–water partition coefficient (Wildman–Crippen LogP) is 3.57. The van der Waals surface area contributed by atoms with Gasteiger partial charge in [-0.15, -0.1) is 0 Å². The van der Waals surface area contributed by atoms with Crippen LogP contribution in [0.4, 0.5) is 0 Å². The molecule has 162 valence electrons. The third-order valence-corrected chi connectivity index (χ3v) is 4.89. The number of hydrogen-bond acceptors (Lipinski definition) is 9. The first-order valence-electron chi connectivity index (χ1n) is 9.77. The summed E-state index contributed by atoms with van der Waals surface area (Å²) >= 11 is 0. The third kappa shape index (κ3) is 3.87. The standard InChI is InChI=1S/C23H17NO8/c1-27-21-11-15(32-24-21)4-7-22(25)30-14-3-5-16-18(10-14)31-20(23(16)26)9-13-2-6-17-19(8-13)29-12-28-17/h2-3,5-6,8-11H,4,7,12H2,1H3/b20-9-. The first-order chi connectivity index (χ1) is 15.6. The van der Waals surface area contributed by atoms with E-state index in [-0.39, 0.29) is 30.5 Å². The molecule has 0 bridgehead atoms. The van der Waals surface area contributed by atoms with Gasteiger partial charge in [0.1, 0.15) is 17.3 Å². The number of carbonyl (C=O) groups excluding carboxylic acids is 2. The summed E-state index contributed by atoms with van der Waals surface area (Å²) in [5.41, 5.74) is 1.13. The van der Waals surface area contributed by atoms with Crippen molar-refractivity contribution in [3.63, 3.8) is 0 Å². The summed E-state index contributed by atoms with van der Waals surface area (Å²) in [5, 5.41) is 3.68. The number of hydrogen-bond donors (Lipinski definition) is 0. The van der Waals surface area contributed by atoms with Gasteiger partial charge in [-0.3, -0.25) is 9.59 Å². The molecule has 0 atom stereocenters. The number of aryl methyl sites for hydroxylation is 1. The van der Waals surface area contributed by atoms with Crippen LogP contribution in [-0.2, 0) is 11.2 Å². The van der Waals surface area contributed by atoms with E-state index in [0.29, 0.717) is 40.9 Å². The second-order valence-electron chi connectivity index (χ2n) is 7.02. The monoisotopic (exact) mass is 435 g/mol. The molecule has 9 nitrogen and oxygen atoms in total. The molecule has 0 amide bonds. The number of methoxy groups -OCH3 is 1. The van der Waals surface area contributed by atoms with Crippen molar-refractivity contribution in [3.8, 4) is 28.9 Å². The molecular formula is C23H17NO8. The molecule has 0 saturated carbocycles. The summed E-state index contributed by atoms with van der Waals surface area (Å²) in [7, 11) is 1.48. The highest BCUT2D eigenvalue weighted by atomic mass is 16.7. The normalized spacial score (nSPS) is 14.9. The van der Waals surface area contributed by atoms with Crippen LogP contribution in [0.5, 0.6) is 28.9 Å². The van der Waals surface area contributed by atoms with Crippen LogP contribution in [0.25, 0.3) is 6.08 Å². The van der Waals surface area contributed by atoms with Crippen LogP contribution in [-0.4, -0.2) is 30.8 Å². The molecule has 5 rings (SSSR count). The lowest BCUT2D eigenvalue weighted by molar-refractivity contribution is -0.134. The molecule has 0 spiro atoms. The number of carbonyl (C=O) groups is 2. The molecule has 0 aliphatic carbocycles. The van der Waals surface area contributed by atoms with Crippen LogP contribution in [0, 0.1) is 0 Å². The van der Waals surface area contributed by atoms with Gasteiger partial charge in [0.2, 0.25) is 12.6 Å². The van der Waals surface area contributed by atoms with Gasteiger partial charge < -0.3 is 28.2 Å². The van der Waals surface area contributed by atoms with E-state index >= 15 is 0 Å². The summed E-state index contributed by atoms with van der Waals surface area (Å²) in [6.45, 7) is 0.171. The number of benzene rings is 2. The minimum atomic E-state index is -0.458. The van der Waals surface area contributed by atoms with Gasteiger partial charge in [-0.25, -0.2) is 0 Å². The van der Waals surface area contributed by atoms with Gasteiger partial charge in [0.05, 0.1) is 19.1 Å². The smallest absolute Gasteiger partial charge is 0.311 e. The van der Waals surface area contributed by atoms with Crippen LogP contribution in [0.1, 0.15) is 28.1 Å². The van der Waals surface area contributed by atoms with Gasteiger partial charge in [-0.05, 0) is 41.1 Å². The van der Waals surface area contributed by atoms with E-state index in [1.165, 1.54) is 13.2 Å². The SMILES string of the molecule is COc1cc(CCC(=O)Oc2ccc3c(c2)O/C(=C\c2ccc4c(c2)OCO4)C3=O)on1. The van der Waals surface area contributed by atoms with E-state index in [0.717, 1.165) is 5.56 Å². The Balaban J connectivity index is 1.25. The molecular weight excluding hydrogens is 418 g/mol. The molecule has 1 aromatic heterocycles. The first-order valence-corrected chi connectivity index (χ1v) is 9.77. The van der Waals surface area contributed by atoms with E-state index < -0.39 is 5.97 Å². The molecule has 2 aliphatic rings. The van der Waals surface area contributed by atoms with E-state index in [9.17, 15) is 9.59 Å². The number of fused-ring (bicyclic) bond motifs is 2. The topological polar surface area (TPSA) is 106 Å². The second-order valence-corrected chi connectivity index (χ2v) is 7.02. The summed E-state index contributed by atoms with van der Waals surface area (Å²) in [5.74, 6) is 2.19. The fourth-order valence-corrected chi connectivity index (χ4v) is 3.30. The highest BCUT2D eigenvalue weighted by molar-refractivity contribution is 6.14. The number of aromatic nitrogens is 1. The van der Waals surface area contributed by atoms with Crippen molar-refractivity contribution in [2.75, 3.05) is 13.9 Å². The molecule has 2 aromatic carbocycles. The molecule has 0 N–H and O–H groups in total. The fraction of sp³-hybridized carbons (Fsp3) is 0.174. The lowest BCUT2D eigenvalue weighted by atomic mass is 10.1. The van der Waals surface area contributed by atoms with Gasteiger partial charge in [0.25, 0.3) is 5.88 Å². The van der Waals surface area contributed by atoms with Crippen molar-refractivity contribution in [2.45, 2.75) is 12.8 Å². The maximum absolute atomic E-state index is 12.7. The number of rotatable bonds is 6. The molecule has 2 aliphatic heterocycles. The average Bonchev–Trinajstić information content (AvgIpc) is 3.51. The number of esters is 1. The van der Waals surface area contributed by atoms with E-state index in [1.807, 2.05) is 0 Å². The van der Waals surface area contributed by atoms with Crippen LogP contribution in [0.15, 0.2) is 52.7 Å². The summed E-state index contributed by atoms with van der Waals surface area (Å²) in [6.07, 6.45) is 2.03. The Bertz CT molecular complexity index is 1240. The Labute approximate surface area is 182 Å². The van der Waals surface area contributed by atoms with Gasteiger partial charge in [-0.1, -0.05) is 6.07 Å². The lowest BCUT2D eigenvalue weighted by Crippen LogP contribution is -2.08. The van der Waals surface area contributed by atoms with Crippen molar-refractivity contribution < 1.29 is 37.8 Å². The number of Topliss-reactive ketones (excluding diaryl/α,β-unsaturated/α-hetero) is 1. The highest BCUT2D eigenvalue weighted by Gasteiger charge is 2.28. The summed E-state index contributed by atoms with van der Waals surface area (Å²) < 4.78 is 31.7. The highest BCUT2D eigenvalue weighted by Crippen LogP contribution is 2.37. The van der Waals surface area contributed by atoms with Crippen molar-refractivity contribution in [3.05, 3.63) is 65.1 Å². The maximum atomic E-state index is 12.7. The zero-order valence-corrected chi connectivity index (χ0v) is 17.0. The second kappa shape index (κ2) is 8.10. The van der Waals surface area contributed by atoms with E-state index in [2.05, 4.69) is 5.16 Å². The lowest BCUT2D eigenvalue weighted by Gasteiger charge is -2.05. The molecule has 3 aromatic rings. The van der Waals surface area contributed by atoms with Crippen LogP contribution in [0.2, 0.25) is 0 Å². The van der Waals surface area contributed by atoms with Crippen LogP contribution in [0.3, 0.4) is 0 Å². The van der Waals surface area contributed by atoms with E-state index in [4.69, 9.17) is 28.2 Å². The summed E-state index contributed by atoms with van der Waals surface area (Å²) in [4.78, 5) is 24.8.